The fourth-order valence-corrected chi connectivity index (χ4v) is 5.86. The van der Waals surface area contributed by atoms with Crippen molar-refractivity contribution in [2.24, 2.45) is 0 Å². The maximum Gasteiger partial charge on any atom is 0.390 e. The number of hydrogen-bond acceptors (Lipinski definition) is 8. The van der Waals surface area contributed by atoms with Crippen LogP contribution in [0.1, 0.15) is 43.4 Å². The summed E-state index contributed by atoms with van der Waals surface area (Å²) in [5.74, 6) is -0.927. The fraction of sp³-hybridized carbons (Fsp3) is 0.520. The van der Waals surface area contributed by atoms with Gasteiger partial charge in [0.2, 0.25) is 5.95 Å². The monoisotopic (exact) mass is 536 g/mol. The third-order valence-corrected chi connectivity index (χ3v) is 8.24. The molecule has 0 saturated heterocycles. The first-order chi connectivity index (χ1) is 17.4. The molecule has 0 aromatic carbocycles. The molecule has 200 valence electrons. The van der Waals surface area contributed by atoms with Gasteiger partial charge in [-0.1, -0.05) is 0 Å². The zero-order chi connectivity index (χ0) is 26.8. The quantitative estimate of drug-likeness (QED) is 0.448. The summed E-state index contributed by atoms with van der Waals surface area (Å²) in [6.45, 7) is 1.93. The predicted octanol–water partition coefficient (Wildman–Crippen LogP) is 4.55. The number of pyridine rings is 2. The predicted molar refractivity (Wildman–Crippen MR) is 137 cm³/mol. The van der Waals surface area contributed by atoms with E-state index in [1.165, 1.54) is 12.3 Å². The number of nitrogens with zero attached hydrogens (tertiary/aromatic N) is 5. The van der Waals surface area contributed by atoms with Crippen LogP contribution in [0.3, 0.4) is 0 Å². The summed E-state index contributed by atoms with van der Waals surface area (Å²) in [4.78, 5) is 20.2. The van der Waals surface area contributed by atoms with E-state index in [1.54, 1.807) is 12.3 Å². The molecule has 3 aromatic rings. The Hall–Kier alpha value is -2.86. The van der Waals surface area contributed by atoms with E-state index in [4.69, 9.17) is 0 Å². The molecular weight excluding hydrogens is 505 g/mol. The Kier molecular flexibility index (Phi) is 7.98. The van der Waals surface area contributed by atoms with Crippen LogP contribution in [0.15, 0.2) is 30.6 Å². The van der Waals surface area contributed by atoms with Gasteiger partial charge in [0, 0.05) is 23.8 Å². The Morgan fingerprint density at radius 1 is 1.05 bits per heavy atom. The first kappa shape index (κ1) is 27.2. The average molecular weight is 537 g/mol. The van der Waals surface area contributed by atoms with Crippen molar-refractivity contribution in [3.05, 3.63) is 41.9 Å². The molecule has 1 fully saturated rings. The van der Waals surface area contributed by atoms with Crippen LogP contribution < -0.4 is 5.32 Å². The molecule has 0 spiro atoms. The lowest BCUT2D eigenvalue weighted by Gasteiger charge is -2.32. The number of hydrogen-bond donors (Lipinski definition) is 1. The van der Waals surface area contributed by atoms with Gasteiger partial charge in [0.1, 0.15) is 5.52 Å². The van der Waals surface area contributed by atoms with Gasteiger partial charge in [-0.25, -0.2) is 23.4 Å². The average Bonchev–Trinajstić information content (AvgIpc) is 2.83. The number of rotatable bonds is 8. The van der Waals surface area contributed by atoms with Gasteiger partial charge in [-0.3, -0.25) is 4.98 Å². The third kappa shape index (κ3) is 7.35. The minimum absolute atomic E-state index is 0.183. The number of anilines is 1. The molecule has 8 nitrogen and oxygen atoms in total. The highest BCUT2D eigenvalue weighted by molar-refractivity contribution is 7.90. The number of alkyl halides is 3. The Morgan fingerprint density at radius 3 is 2.41 bits per heavy atom. The molecule has 0 unspecified atom stereocenters. The van der Waals surface area contributed by atoms with Crippen LogP contribution in [0.5, 0.6) is 0 Å². The molecule has 12 heteroatoms. The molecule has 0 amide bonds. The molecule has 1 aliphatic rings. The Balaban J connectivity index is 1.45. The number of fused-ring (bicyclic) bond motifs is 1. The van der Waals surface area contributed by atoms with Crippen LogP contribution in [0.4, 0.5) is 19.1 Å². The maximum absolute atomic E-state index is 12.4. The van der Waals surface area contributed by atoms with Crippen LogP contribution in [0, 0.1) is 6.92 Å². The largest absolute Gasteiger partial charge is 0.390 e. The second kappa shape index (κ2) is 10.9. The summed E-state index contributed by atoms with van der Waals surface area (Å²) in [5, 5.41) is 3.46. The molecule has 3 aromatic heterocycles. The summed E-state index contributed by atoms with van der Waals surface area (Å²) in [6, 6.07) is 5.98. The van der Waals surface area contributed by atoms with Crippen LogP contribution in [-0.4, -0.2) is 71.4 Å². The van der Waals surface area contributed by atoms with Crippen molar-refractivity contribution in [2.45, 2.75) is 63.0 Å². The molecule has 0 bridgehead atoms. The molecule has 37 heavy (non-hydrogen) atoms. The van der Waals surface area contributed by atoms with Gasteiger partial charge in [0.15, 0.2) is 9.84 Å². The Bertz CT molecular complexity index is 1340. The number of halogens is 3. The Labute approximate surface area is 214 Å². The molecule has 1 aliphatic carbocycles. The standard InChI is InChI=1S/C25H31F3N6O2S/c1-16-12-21(17-4-5-19(29-13-17)15-37(35,36)11-10-25(26,27)28)32-22-14-30-24(33-23(16)22)31-18-6-8-20(9-7-18)34(2)3/h4-5,12-14,18,20H,6-11,15H2,1-3H3,(H,30,31,33). The van der Waals surface area contributed by atoms with Crippen molar-refractivity contribution >= 4 is 26.8 Å². The topological polar surface area (TPSA) is 101 Å². The van der Waals surface area contributed by atoms with Gasteiger partial charge in [-0.2, -0.15) is 13.2 Å². The lowest BCUT2D eigenvalue weighted by molar-refractivity contribution is -0.129. The summed E-state index contributed by atoms with van der Waals surface area (Å²) in [6.07, 6.45) is 1.66. The van der Waals surface area contributed by atoms with Crippen LogP contribution in [-0.2, 0) is 15.6 Å². The summed E-state index contributed by atoms with van der Waals surface area (Å²) >= 11 is 0. The summed E-state index contributed by atoms with van der Waals surface area (Å²) in [5.41, 5.74) is 3.72. The van der Waals surface area contributed by atoms with E-state index < -0.39 is 33.9 Å². The third-order valence-electron chi connectivity index (χ3n) is 6.68. The normalized spacial score (nSPS) is 18.9. The van der Waals surface area contributed by atoms with Crippen molar-refractivity contribution in [2.75, 3.05) is 25.2 Å². The summed E-state index contributed by atoms with van der Waals surface area (Å²) in [7, 11) is 0.310. The van der Waals surface area contributed by atoms with Crippen LogP contribution in [0.2, 0.25) is 0 Å². The number of aryl methyl sites for hydroxylation is 1. The highest BCUT2D eigenvalue weighted by Gasteiger charge is 2.30. The highest BCUT2D eigenvalue weighted by Crippen LogP contribution is 2.27. The lowest BCUT2D eigenvalue weighted by Crippen LogP contribution is -2.36. The van der Waals surface area contributed by atoms with E-state index in [2.05, 4.69) is 44.2 Å². The van der Waals surface area contributed by atoms with Crippen LogP contribution in [0.25, 0.3) is 22.3 Å². The second-order valence-corrected chi connectivity index (χ2v) is 12.0. The zero-order valence-electron chi connectivity index (χ0n) is 21.1. The summed E-state index contributed by atoms with van der Waals surface area (Å²) < 4.78 is 61.1. The molecule has 0 atom stereocenters. The fourth-order valence-electron chi connectivity index (χ4n) is 4.55. The number of aromatic nitrogens is 4. The van der Waals surface area contributed by atoms with Crippen molar-refractivity contribution in [1.82, 2.24) is 24.8 Å². The molecule has 1 saturated carbocycles. The zero-order valence-corrected chi connectivity index (χ0v) is 21.9. The van der Waals surface area contributed by atoms with E-state index in [0.717, 1.165) is 36.8 Å². The van der Waals surface area contributed by atoms with E-state index >= 15 is 0 Å². The van der Waals surface area contributed by atoms with E-state index in [0.29, 0.717) is 34.8 Å². The highest BCUT2D eigenvalue weighted by atomic mass is 32.2. The van der Waals surface area contributed by atoms with Gasteiger partial charge in [-0.15, -0.1) is 0 Å². The number of nitrogens with one attached hydrogen (secondary N) is 1. The van der Waals surface area contributed by atoms with E-state index in [-0.39, 0.29) is 5.69 Å². The van der Waals surface area contributed by atoms with Gasteiger partial charge in [0.25, 0.3) is 0 Å². The van der Waals surface area contributed by atoms with Gasteiger partial charge in [0.05, 0.1) is 41.0 Å². The van der Waals surface area contributed by atoms with Gasteiger partial charge < -0.3 is 10.2 Å². The first-order valence-electron chi connectivity index (χ1n) is 12.2. The van der Waals surface area contributed by atoms with E-state index in [1.807, 2.05) is 13.0 Å². The molecule has 0 radical (unpaired) electrons. The minimum atomic E-state index is -4.52. The minimum Gasteiger partial charge on any atom is -0.351 e. The number of sulfone groups is 1. The van der Waals surface area contributed by atoms with Crippen molar-refractivity contribution < 1.29 is 21.6 Å². The smallest absolute Gasteiger partial charge is 0.351 e. The van der Waals surface area contributed by atoms with Crippen molar-refractivity contribution in [3.63, 3.8) is 0 Å². The van der Waals surface area contributed by atoms with Gasteiger partial charge >= 0.3 is 6.18 Å². The lowest BCUT2D eigenvalue weighted by atomic mass is 9.91. The van der Waals surface area contributed by atoms with E-state index in [9.17, 15) is 21.6 Å². The molecule has 3 heterocycles. The van der Waals surface area contributed by atoms with Crippen LogP contribution >= 0.6 is 0 Å². The van der Waals surface area contributed by atoms with Crippen molar-refractivity contribution in [1.29, 1.82) is 0 Å². The van der Waals surface area contributed by atoms with Crippen molar-refractivity contribution in [3.8, 4) is 11.3 Å². The molecule has 4 rings (SSSR count). The first-order valence-corrected chi connectivity index (χ1v) is 14.0. The Morgan fingerprint density at radius 2 is 1.78 bits per heavy atom. The molecule has 0 aliphatic heterocycles. The maximum atomic E-state index is 12.4. The SMILES string of the molecule is Cc1cc(-c2ccc(CS(=O)(=O)CCC(F)(F)F)nc2)nc2cnc(NC3CCC(N(C)C)CC3)nc12. The molecular formula is C25H31F3N6O2S. The van der Waals surface area contributed by atoms with Gasteiger partial charge in [-0.05, 0) is 70.5 Å². The second-order valence-electron chi connectivity index (χ2n) is 9.86. The molecule has 1 N–H and O–H groups in total.